The SMILES string of the molecule is c1ccc2sc(-c3cccc4cccnc34)cc2c1. The third-order valence-corrected chi connectivity index (χ3v) is 4.47. The van der Waals surface area contributed by atoms with Crippen LogP contribution in [0.1, 0.15) is 0 Å². The maximum atomic E-state index is 4.53. The van der Waals surface area contributed by atoms with Crippen molar-refractivity contribution in [2.45, 2.75) is 0 Å². The maximum absolute atomic E-state index is 4.53. The number of hydrogen-bond donors (Lipinski definition) is 0. The van der Waals surface area contributed by atoms with Gasteiger partial charge in [-0.2, -0.15) is 0 Å². The van der Waals surface area contributed by atoms with Crippen LogP contribution in [-0.4, -0.2) is 4.98 Å². The number of para-hydroxylation sites is 1. The molecule has 0 aliphatic carbocycles. The Morgan fingerprint density at radius 2 is 1.63 bits per heavy atom. The van der Waals surface area contributed by atoms with Crippen LogP contribution in [-0.2, 0) is 0 Å². The Morgan fingerprint density at radius 3 is 2.58 bits per heavy atom. The smallest absolute Gasteiger partial charge is 0.0788 e. The zero-order valence-corrected chi connectivity index (χ0v) is 11.0. The molecule has 0 N–H and O–H groups in total. The summed E-state index contributed by atoms with van der Waals surface area (Å²) >= 11 is 1.83. The Labute approximate surface area is 115 Å². The summed E-state index contributed by atoms with van der Waals surface area (Å²) in [5, 5.41) is 2.49. The highest BCUT2D eigenvalue weighted by molar-refractivity contribution is 7.22. The standard InChI is InChI=1S/C17H11NS/c1-2-9-15-13(5-1)11-16(19-15)14-8-3-6-12-7-4-10-18-17(12)14/h1-11H. The second-order valence-electron chi connectivity index (χ2n) is 4.53. The van der Waals surface area contributed by atoms with Gasteiger partial charge in [0.1, 0.15) is 0 Å². The normalized spacial score (nSPS) is 11.2. The van der Waals surface area contributed by atoms with Gasteiger partial charge < -0.3 is 0 Å². The lowest BCUT2D eigenvalue weighted by molar-refractivity contribution is 1.41. The topological polar surface area (TPSA) is 12.9 Å². The largest absolute Gasteiger partial charge is 0.256 e. The lowest BCUT2D eigenvalue weighted by Crippen LogP contribution is -1.81. The fourth-order valence-electron chi connectivity index (χ4n) is 2.42. The van der Waals surface area contributed by atoms with Crippen molar-refractivity contribution in [3.05, 3.63) is 66.9 Å². The van der Waals surface area contributed by atoms with Crippen LogP contribution in [0.4, 0.5) is 0 Å². The average Bonchev–Trinajstić information content (AvgIpc) is 2.90. The molecular formula is C17H11NS. The Morgan fingerprint density at radius 1 is 0.789 bits per heavy atom. The molecule has 0 aliphatic rings. The molecule has 1 nitrogen and oxygen atoms in total. The van der Waals surface area contributed by atoms with E-state index in [0.717, 1.165) is 5.52 Å². The molecule has 2 heteroatoms. The number of pyridine rings is 1. The van der Waals surface area contributed by atoms with Crippen molar-refractivity contribution in [1.82, 2.24) is 4.98 Å². The Hall–Kier alpha value is -2.19. The van der Waals surface area contributed by atoms with E-state index < -0.39 is 0 Å². The number of hydrogen-bond acceptors (Lipinski definition) is 2. The number of benzene rings is 2. The molecule has 0 atom stereocenters. The second kappa shape index (κ2) is 4.18. The highest BCUT2D eigenvalue weighted by Gasteiger charge is 2.07. The molecule has 4 aromatic rings. The van der Waals surface area contributed by atoms with Crippen molar-refractivity contribution >= 4 is 32.3 Å². The summed E-state index contributed by atoms with van der Waals surface area (Å²) in [5.41, 5.74) is 2.30. The van der Waals surface area contributed by atoms with Crippen LogP contribution in [0.25, 0.3) is 31.4 Å². The minimum atomic E-state index is 1.08. The molecule has 2 heterocycles. The van der Waals surface area contributed by atoms with E-state index >= 15 is 0 Å². The fraction of sp³-hybridized carbons (Fsp3) is 0. The first-order valence-electron chi connectivity index (χ1n) is 6.24. The molecule has 0 saturated heterocycles. The molecule has 4 rings (SSSR count). The predicted octanol–water partition coefficient (Wildman–Crippen LogP) is 5.12. The maximum Gasteiger partial charge on any atom is 0.0788 e. The fourth-order valence-corrected chi connectivity index (χ4v) is 3.51. The first-order chi connectivity index (χ1) is 9.42. The van der Waals surface area contributed by atoms with Crippen LogP contribution < -0.4 is 0 Å². The van der Waals surface area contributed by atoms with Crippen LogP contribution >= 0.6 is 11.3 Å². The Kier molecular flexibility index (Phi) is 2.35. The highest BCUT2D eigenvalue weighted by Crippen LogP contribution is 2.36. The minimum Gasteiger partial charge on any atom is -0.256 e. The van der Waals surface area contributed by atoms with Gasteiger partial charge >= 0.3 is 0 Å². The summed E-state index contributed by atoms with van der Waals surface area (Å²) in [6.07, 6.45) is 1.86. The molecule has 90 valence electrons. The molecule has 2 aromatic carbocycles. The lowest BCUT2D eigenvalue weighted by atomic mass is 10.1. The van der Waals surface area contributed by atoms with Crippen LogP contribution in [0.2, 0.25) is 0 Å². The molecule has 0 amide bonds. The van der Waals surface area contributed by atoms with E-state index in [-0.39, 0.29) is 0 Å². The predicted molar refractivity (Wildman–Crippen MR) is 82.6 cm³/mol. The minimum absolute atomic E-state index is 1.08. The molecule has 0 saturated carbocycles. The number of rotatable bonds is 1. The van der Waals surface area contributed by atoms with Crippen LogP contribution in [0.5, 0.6) is 0 Å². The van der Waals surface area contributed by atoms with Gasteiger partial charge in [0, 0.05) is 26.7 Å². The molecule has 0 unspecified atom stereocenters. The van der Waals surface area contributed by atoms with Gasteiger partial charge in [0.25, 0.3) is 0 Å². The van der Waals surface area contributed by atoms with Crippen molar-refractivity contribution in [3.63, 3.8) is 0 Å². The van der Waals surface area contributed by atoms with Gasteiger partial charge in [-0.1, -0.05) is 42.5 Å². The van der Waals surface area contributed by atoms with Gasteiger partial charge in [0.15, 0.2) is 0 Å². The first-order valence-corrected chi connectivity index (χ1v) is 7.06. The average molecular weight is 261 g/mol. The molecular weight excluding hydrogens is 250 g/mol. The molecule has 0 fully saturated rings. The van der Waals surface area contributed by atoms with Gasteiger partial charge in [-0.25, -0.2) is 0 Å². The Bertz CT molecular complexity index is 838. The quantitative estimate of drug-likeness (QED) is 0.463. The number of aromatic nitrogens is 1. The molecule has 19 heavy (non-hydrogen) atoms. The van der Waals surface area contributed by atoms with E-state index in [9.17, 15) is 0 Å². The summed E-state index contributed by atoms with van der Waals surface area (Å²) in [5.74, 6) is 0. The molecule has 0 aliphatic heterocycles. The number of nitrogens with zero attached hydrogens (tertiary/aromatic N) is 1. The number of fused-ring (bicyclic) bond motifs is 2. The van der Waals surface area contributed by atoms with Crippen molar-refractivity contribution in [1.29, 1.82) is 0 Å². The second-order valence-corrected chi connectivity index (χ2v) is 5.61. The molecule has 0 bridgehead atoms. The zero-order valence-electron chi connectivity index (χ0n) is 10.2. The lowest BCUT2D eigenvalue weighted by Gasteiger charge is -2.02. The third kappa shape index (κ3) is 1.72. The summed E-state index contributed by atoms with van der Waals surface area (Å²) in [6.45, 7) is 0. The molecule has 0 radical (unpaired) electrons. The first kappa shape index (κ1) is 10.7. The summed E-state index contributed by atoms with van der Waals surface area (Å²) in [4.78, 5) is 5.82. The van der Waals surface area contributed by atoms with Crippen molar-refractivity contribution in [2.24, 2.45) is 0 Å². The zero-order chi connectivity index (χ0) is 12.7. The van der Waals surface area contributed by atoms with E-state index in [4.69, 9.17) is 0 Å². The van der Waals surface area contributed by atoms with Gasteiger partial charge in [-0.3, -0.25) is 4.98 Å². The van der Waals surface area contributed by atoms with Gasteiger partial charge in [-0.15, -0.1) is 11.3 Å². The summed E-state index contributed by atoms with van der Waals surface area (Å²) in [6, 6.07) is 21.2. The van der Waals surface area contributed by atoms with Gasteiger partial charge in [0.05, 0.1) is 5.52 Å². The van der Waals surface area contributed by atoms with Crippen molar-refractivity contribution < 1.29 is 0 Å². The Balaban J connectivity index is 2.03. The van der Waals surface area contributed by atoms with Crippen molar-refractivity contribution in [3.8, 4) is 10.4 Å². The highest BCUT2D eigenvalue weighted by atomic mass is 32.1. The van der Waals surface area contributed by atoms with E-state index in [1.165, 1.54) is 25.9 Å². The van der Waals surface area contributed by atoms with E-state index in [1.807, 2.05) is 23.6 Å². The molecule has 0 spiro atoms. The molecule has 2 aromatic heterocycles. The van der Waals surface area contributed by atoms with E-state index in [1.54, 1.807) is 0 Å². The summed E-state index contributed by atoms with van der Waals surface area (Å²) < 4.78 is 1.32. The van der Waals surface area contributed by atoms with Gasteiger partial charge in [-0.05, 0) is 23.6 Å². The van der Waals surface area contributed by atoms with Crippen LogP contribution in [0.15, 0.2) is 66.9 Å². The van der Waals surface area contributed by atoms with Crippen LogP contribution in [0.3, 0.4) is 0 Å². The summed E-state index contributed by atoms with van der Waals surface area (Å²) in [7, 11) is 0. The third-order valence-electron chi connectivity index (χ3n) is 3.32. The van der Waals surface area contributed by atoms with Crippen LogP contribution in [0, 0.1) is 0 Å². The van der Waals surface area contributed by atoms with Crippen molar-refractivity contribution in [2.75, 3.05) is 0 Å². The van der Waals surface area contributed by atoms with E-state index in [0.29, 0.717) is 0 Å². The van der Waals surface area contributed by atoms with Gasteiger partial charge in [0.2, 0.25) is 0 Å². The number of thiophene rings is 1. The monoisotopic (exact) mass is 261 g/mol. The van der Waals surface area contributed by atoms with E-state index in [2.05, 4.69) is 59.6 Å².